The lowest BCUT2D eigenvalue weighted by atomic mass is 10.1. The van der Waals surface area contributed by atoms with Gasteiger partial charge in [0.2, 0.25) is 5.91 Å². The molecule has 2 aromatic heterocycles. The molecule has 8 nitrogen and oxygen atoms in total. The van der Waals surface area contributed by atoms with Gasteiger partial charge < -0.3 is 10.1 Å². The summed E-state index contributed by atoms with van der Waals surface area (Å²) in [7, 11) is 0. The minimum Gasteiger partial charge on any atom is -0.491 e. The van der Waals surface area contributed by atoms with E-state index in [0.29, 0.717) is 29.6 Å². The van der Waals surface area contributed by atoms with Crippen LogP contribution in [-0.4, -0.2) is 31.6 Å². The second-order valence-electron chi connectivity index (χ2n) is 8.84. The number of nitrogens with zero attached hydrogens (tertiary/aromatic N) is 4. The summed E-state index contributed by atoms with van der Waals surface area (Å²) in [5.74, 6) is 0.522. The Morgan fingerprint density at radius 1 is 1.03 bits per heavy atom. The van der Waals surface area contributed by atoms with Gasteiger partial charge in [-0.3, -0.25) is 9.59 Å². The van der Waals surface area contributed by atoms with Crippen molar-refractivity contribution in [3.05, 3.63) is 81.9 Å². The van der Waals surface area contributed by atoms with Crippen molar-refractivity contribution >= 4 is 16.8 Å². The normalized spacial score (nSPS) is 12.2. The number of fused-ring (bicyclic) bond motifs is 1. The zero-order chi connectivity index (χ0) is 25.1. The van der Waals surface area contributed by atoms with Crippen LogP contribution >= 0.6 is 0 Å². The largest absolute Gasteiger partial charge is 0.491 e. The van der Waals surface area contributed by atoms with Gasteiger partial charge in [0.05, 0.1) is 28.6 Å². The van der Waals surface area contributed by atoms with Crippen LogP contribution in [0.4, 0.5) is 0 Å². The number of rotatable bonds is 8. The minimum atomic E-state index is -0.740. The van der Waals surface area contributed by atoms with Crippen LogP contribution in [0.2, 0.25) is 0 Å². The van der Waals surface area contributed by atoms with Crippen LogP contribution in [0.5, 0.6) is 5.75 Å². The van der Waals surface area contributed by atoms with Crippen molar-refractivity contribution < 1.29 is 9.53 Å². The van der Waals surface area contributed by atoms with E-state index in [2.05, 4.69) is 15.5 Å². The molecule has 1 unspecified atom stereocenters. The molecule has 2 heterocycles. The SMILES string of the molecule is CCC(C(=O)NCc1ccc(OC(C)C)cc1)n1nc(C)c2c(C)n(-c3ccccc3)nc2c1=O. The molecule has 1 atom stereocenters. The zero-order valence-corrected chi connectivity index (χ0v) is 20.8. The Hall–Kier alpha value is -3.94. The van der Waals surface area contributed by atoms with E-state index in [1.54, 1.807) is 4.68 Å². The molecule has 182 valence electrons. The molecule has 0 spiro atoms. The molecule has 2 aromatic carbocycles. The van der Waals surface area contributed by atoms with E-state index in [4.69, 9.17) is 4.74 Å². The first-order chi connectivity index (χ1) is 16.8. The topological polar surface area (TPSA) is 91.0 Å². The average Bonchev–Trinajstić information content (AvgIpc) is 3.20. The van der Waals surface area contributed by atoms with Gasteiger partial charge in [-0.15, -0.1) is 0 Å². The predicted molar refractivity (Wildman–Crippen MR) is 136 cm³/mol. The van der Waals surface area contributed by atoms with Crippen molar-refractivity contribution in [1.29, 1.82) is 0 Å². The highest BCUT2D eigenvalue weighted by Crippen LogP contribution is 2.22. The molecule has 0 fully saturated rings. The lowest BCUT2D eigenvalue weighted by Gasteiger charge is -2.17. The lowest BCUT2D eigenvalue weighted by molar-refractivity contribution is -0.125. The van der Waals surface area contributed by atoms with Gasteiger partial charge in [-0.1, -0.05) is 37.3 Å². The number of carbonyl (C=O) groups excluding carboxylic acids is 1. The maximum Gasteiger partial charge on any atom is 0.295 e. The van der Waals surface area contributed by atoms with Crippen LogP contribution in [0.3, 0.4) is 0 Å². The number of aryl methyl sites for hydroxylation is 2. The van der Waals surface area contributed by atoms with E-state index < -0.39 is 6.04 Å². The van der Waals surface area contributed by atoms with Crippen LogP contribution in [0.15, 0.2) is 59.4 Å². The molecule has 1 N–H and O–H groups in total. The standard InChI is InChI=1S/C27H31N5O3/c1-6-23(26(33)28-16-20-12-14-22(15-13-20)35-17(2)3)32-27(34)25-24(18(4)29-32)19(5)31(30-25)21-10-8-7-9-11-21/h7-15,17,23H,6,16H2,1-5H3,(H,28,33). The summed E-state index contributed by atoms with van der Waals surface area (Å²) in [6.07, 6.45) is 0.517. The summed E-state index contributed by atoms with van der Waals surface area (Å²) in [5.41, 5.74) is 3.23. The molecule has 35 heavy (non-hydrogen) atoms. The highest BCUT2D eigenvalue weighted by atomic mass is 16.5. The Morgan fingerprint density at radius 3 is 2.34 bits per heavy atom. The van der Waals surface area contributed by atoms with E-state index in [0.717, 1.165) is 22.7 Å². The van der Waals surface area contributed by atoms with Gasteiger partial charge in [0.1, 0.15) is 11.8 Å². The molecule has 0 aliphatic rings. The van der Waals surface area contributed by atoms with Crippen molar-refractivity contribution in [3.63, 3.8) is 0 Å². The lowest BCUT2D eigenvalue weighted by Crippen LogP contribution is -2.38. The molecule has 0 saturated carbocycles. The second kappa shape index (κ2) is 10.1. The number of hydrogen-bond acceptors (Lipinski definition) is 5. The fraction of sp³-hybridized carbons (Fsp3) is 0.333. The van der Waals surface area contributed by atoms with Gasteiger partial charge in [0.25, 0.3) is 5.56 Å². The van der Waals surface area contributed by atoms with Crippen LogP contribution in [0, 0.1) is 13.8 Å². The molecule has 0 saturated heterocycles. The van der Waals surface area contributed by atoms with Crippen LogP contribution in [-0.2, 0) is 11.3 Å². The maximum atomic E-state index is 13.4. The van der Waals surface area contributed by atoms with E-state index in [1.165, 1.54) is 4.68 Å². The Balaban J connectivity index is 1.60. The highest BCUT2D eigenvalue weighted by molar-refractivity contribution is 5.84. The third kappa shape index (κ3) is 4.96. The zero-order valence-electron chi connectivity index (χ0n) is 20.8. The monoisotopic (exact) mass is 473 g/mol. The van der Waals surface area contributed by atoms with E-state index >= 15 is 0 Å². The number of benzene rings is 2. The summed E-state index contributed by atoms with van der Waals surface area (Å²) in [6, 6.07) is 16.5. The van der Waals surface area contributed by atoms with Crippen molar-refractivity contribution in [2.45, 2.75) is 59.7 Å². The molecule has 0 aliphatic heterocycles. The maximum absolute atomic E-state index is 13.4. The molecule has 0 bridgehead atoms. The van der Waals surface area contributed by atoms with E-state index in [9.17, 15) is 9.59 Å². The summed E-state index contributed by atoms with van der Waals surface area (Å²) < 4.78 is 8.69. The van der Waals surface area contributed by atoms with Gasteiger partial charge in [-0.05, 0) is 63.9 Å². The van der Waals surface area contributed by atoms with Gasteiger partial charge in [0.15, 0.2) is 5.52 Å². The number of amides is 1. The summed E-state index contributed by atoms with van der Waals surface area (Å²) >= 11 is 0. The Morgan fingerprint density at radius 2 is 1.71 bits per heavy atom. The fourth-order valence-electron chi connectivity index (χ4n) is 4.22. The summed E-state index contributed by atoms with van der Waals surface area (Å²) in [5, 5.41) is 12.8. The first-order valence-corrected chi connectivity index (χ1v) is 11.9. The molecule has 0 radical (unpaired) electrons. The number of para-hydroxylation sites is 1. The first kappa shape index (κ1) is 24.2. The quantitative estimate of drug-likeness (QED) is 0.413. The number of aromatic nitrogens is 4. The van der Waals surface area contributed by atoms with E-state index in [1.807, 2.05) is 89.2 Å². The number of ether oxygens (including phenoxy) is 1. The molecule has 1 amide bonds. The van der Waals surface area contributed by atoms with Crippen molar-refractivity contribution in [2.75, 3.05) is 0 Å². The van der Waals surface area contributed by atoms with Gasteiger partial charge in [-0.2, -0.15) is 10.2 Å². The van der Waals surface area contributed by atoms with Crippen LogP contribution in [0.25, 0.3) is 16.6 Å². The minimum absolute atomic E-state index is 0.0975. The van der Waals surface area contributed by atoms with Crippen molar-refractivity contribution in [3.8, 4) is 11.4 Å². The predicted octanol–water partition coefficient (Wildman–Crippen LogP) is 4.25. The van der Waals surface area contributed by atoms with Crippen molar-refractivity contribution in [1.82, 2.24) is 24.9 Å². The number of nitrogens with one attached hydrogen (secondary N) is 1. The summed E-state index contributed by atoms with van der Waals surface area (Å²) in [6.45, 7) is 9.91. The third-order valence-electron chi connectivity index (χ3n) is 5.89. The Kier molecular flexibility index (Phi) is 7.00. The smallest absolute Gasteiger partial charge is 0.295 e. The van der Waals surface area contributed by atoms with E-state index in [-0.39, 0.29) is 17.6 Å². The highest BCUT2D eigenvalue weighted by Gasteiger charge is 2.25. The molecular weight excluding hydrogens is 442 g/mol. The molecule has 4 rings (SSSR count). The van der Waals surface area contributed by atoms with Crippen LogP contribution in [0.1, 0.15) is 50.2 Å². The number of hydrogen-bond donors (Lipinski definition) is 1. The van der Waals surface area contributed by atoms with Crippen molar-refractivity contribution in [2.24, 2.45) is 0 Å². The van der Waals surface area contributed by atoms with Gasteiger partial charge in [-0.25, -0.2) is 9.36 Å². The first-order valence-electron chi connectivity index (χ1n) is 11.9. The van der Waals surface area contributed by atoms with Gasteiger partial charge in [0, 0.05) is 6.54 Å². The number of carbonyl (C=O) groups is 1. The van der Waals surface area contributed by atoms with Gasteiger partial charge >= 0.3 is 0 Å². The molecule has 4 aromatic rings. The molecule has 0 aliphatic carbocycles. The average molecular weight is 474 g/mol. The second-order valence-corrected chi connectivity index (χ2v) is 8.84. The molecule has 8 heteroatoms. The Labute approximate surface area is 204 Å². The fourth-order valence-corrected chi connectivity index (χ4v) is 4.22. The third-order valence-corrected chi connectivity index (χ3v) is 5.89. The molecular formula is C27H31N5O3. The Bertz CT molecular complexity index is 1390. The summed E-state index contributed by atoms with van der Waals surface area (Å²) in [4.78, 5) is 26.5. The van der Waals surface area contributed by atoms with Crippen LogP contribution < -0.4 is 15.6 Å².